The van der Waals surface area contributed by atoms with Crippen LogP contribution < -0.4 is 10.1 Å². The van der Waals surface area contributed by atoms with E-state index in [4.69, 9.17) is 9.84 Å². The molecule has 0 fully saturated rings. The van der Waals surface area contributed by atoms with Gasteiger partial charge in [-0.2, -0.15) is 0 Å². The minimum absolute atomic E-state index is 0.225. The van der Waals surface area contributed by atoms with Crippen molar-refractivity contribution < 1.29 is 9.84 Å². The van der Waals surface area contributed by atoms with Gasteiger partial charge in [0.2, 0.25) is 0 Å². The number of aromatic nitrogens is 1. The van der Waals surface area contributed by atoms with Gasteiger partial charge in [0.25, 0.3) is 0 Å². The van der Waals surface area contributed by atoms with E-state index in [0.29, 0.717) is 6.61 Å². The fraction of sp³-hybridized carbons (Fsp3) is 0.643. The Kier molecular flexibility index (Phi) is 6.68. The van der Waals surface area contributed by atoms with Gasteiger partial charge in [-0.15, -0.1) is 0 Å². The molecule has 0 radical (unpaired) electrons. The van der Waals surface area contributed by atoms with Crippen molar-refractivity contribution in [2.24, 2.45) is 0 Å². The number of aliphatic hydroxyl groups is 1. The minimum atomic E-state index is 0.225. The van der Waals surface area contributed by atoms with Crippen molar-refractivity contribution in [2.75, 3.05) is 13.2 Å². The van der Waals surface area contributed by atoms with Crippen LogP contribution in [-0.2, 0) is 13.0 Å². The lowest BCUT2D eigenvalue weighted by molar-refractivity contribution is 0.238. The van der Waals surface area contributed by atoms with Gasteiger partial charge in [0, 0.05) is 43.6 Å². The van der Waals surface area contributed by atoms with Gasteiger partial charge in [-0.25, -0.2) is 0 Å². The van der Waals surface area contributed by atoms with Crippen molar-refractivity contribution in [2.45, 2.75) is 46.3 Å². The summed E-state index contributed by atoms with van der Waals surface area (Å²) < 4.78 is 5.73. The number of fused-ring (bicyclic) bond motifs is 1. The summed E-state index contributed by atoms with van der Waals surface area (Å²) in [7, 11) is 0. The molecule has 18 heavy (non-hydrogen) atoms. The Labute approximate surface area is 109 Å². The summed E-state index contributed by atoms with van der Waals surface area (Å²) in [4.78, 5) is 4.37. The van der Waals surface area contributed by atoms with Crippen LogP contribution in [0.1, 0.15) is 38.4 Å². The van der Waals surface area contributed by atoms with E-state index in [9.17, 15) is 0 Å². The summed E-state index contributed by atoms with van der Waals surface area (Å²) in [5.74, 6) is 0.984. The number of nitrogens with one attached hydrogen (secondary N) is 1. The molecule has 4 heteroatoms. The maximum absolute atomic E-state index is 7.88. The zero-order valence-electron chi connectivity index (χ0n) is 11.6. The third-order valence-corrected chi connectivity index (χ3v) is 2.53. The van der Waals surface area contributed by atoms with Crippen LogP contribution in [0.3, 0.4) is 0 Å². The van der Waals surface area contributed by atoms with Gasteiger partial charge in [-0.1, -0.05) is 6.92 Å². The SMILES string of the molecule is CC(C)Oc1ccnc2c1CNCC2.CCCO. The van der Waals surface area contributed by atoms with Crippen molar-refractivity contribution >= 4 is 0 Å². The quantitative estimate of drug-likeness (QED) is 0.862. The average molecular weight is 252 g/mol. The second-order valence-corrected chi connectivity index (χ2v) is 4.55. The Hall–Kier alpha value is -1.13. The van der Waals surface area contributed by atoms with E-state index in [2.05, 4.69) is 10.3 Å². The second kappa shape index (κ2) is 8.06. The molecular weight excluding hydrogens is 228 g/mol. The molecule has 1 aliphatic heterocycles. The first-order valence-corrected chi connectivity index (χ1v) is 6.64. The third-order valence-electron chi connectivity index (χ3n) is 2.53. The number of hydrogen-bond donors (Lipinski definition) is 2. The summed E-state index contributed by atoms with van der Waals surface area (Å²) in [6, 6.07) is 1.95. The Morgan fingerprint density at radius 3 is 2.83 bits per heavy atom. The van der Waals surface area contributed by atoms with E-state index < -0.39 is 0 Å². The van der Waals surface area contributed by atoms with Gasteiger partial charge in [-0.3, -0.25) is 4.98 Å². The molecule has 0 bridgehead atoms. The highest BCUT2D eigenvalue weighted by atomic mass is 16.5. The molecule has 0 saturated carbocycles. The van der Waals surface area contributed by atoms with Gasteiger partial charge in [0.05, 0.1) is 6.10 Å². The maximum Gasteiger partial charge on any atom is 0.127 e. The van der Waals surface area contributed by atoms with E-state index in [1.807, 2.05) is 33.0 Å². The van der Waals surface area contributed by atoms with E-state index in [1.54, 1.807) is 0 Å². The van der Waals surface area contributed by atoms with Crippen LogP contribution in [0.4, 0.5) is 0 Å². The number of pyridine rings is 1. The molecule has 2 rings (SSSR count). The molecule has 0 spiro atoms. The number of nitrogens with zero attached hydrogens (tertiary/aromatic N) is 1. The Balaban J connectivity index is 0.000000357. The lowest BCUT2D eigenvalue weighted by Crippen LogP contribution is -2.25. The van der Waals surface area contributed by atoms with Crippen LogP contribution in [0.25, 0.3) is 0 Å². The zero-order valence-corrected chi connectivity index (χ0v) is 11.6. The molecule has 1 aromatic rings. The van der Waals surface area contributed by atoms with Gasteiger partial charge in [0.15, 0.2) is 0 Å². The first kappa shape index (κ1) is 14.9. The molecule has 0 amide bonds. The summed E-state index contributed by atoms with van der Waals surface area (Å²) in [6.45, 7) is 8.24. The third kappa shape index (κ3) is 4.63. The molecule has 1 aliphatic rings. The van der Waals surface area contributed by atoms with Crippen LogP contribution in [0, 0.1) is 0 Å². The monoisotopic (exact) mass is 252 g/mol. The van der Waals surface area contributed by atoms with Crippen LogP contribution in [0.15, 0.2) is 12.3 Å². The molecule has 1 aromatic heterocycles. The minimum Gasteiger partial charge on any atom is -0.491 e. The molecule has 0 saturated heterocycles. The lowest BCUT2D eigenvalue weighted by Gasteiger charge is -2.20. The second-order valence-electron chi connectivity index (χ2n) is 4.55. The van der Waals surface area contributed by atoms with Crippen molar-refractivity contribution in [1.29, 1.82) is 0 Å². The largest absolute Gasteiger partial charge is 0.491 e. The molecule has 0 aliphatic carbocycles. The highest BCUT2D eigenvalue weighted by Crippen LogP contribution is 2.23. The average Bonchev–Trinajstić information content (AvgIpc) is 2.39. The molecule has 2 N–H and O–H groups in total. The molecule has 4 nitrogen and oxygen atoms in total. The highest BCUT2D eigenvalue weighted by Gasteiger charge is 2.14. The van der Waals surface area contributed by atoms with Crippen molar-refractivity contribution in [3.8, 4) is 5.75 Å². The zero-order chi connectivity index (χ0) is 13.4. The first-order chi connectivity index (χ1) is 8.69. The smallest absolute Gasteiger partial charge is 0.127 e. The van der Waals surface area contributed by atoms with Crippen LogP contribution >= 0.6 is 0 Å². The Morgan fingerprint density at radius 1 is 1.50 bits per heavy atom. The Bertz CT molecular complexity index is 352. The maximum atomic E-state index is 7.88. The van der Waals surface area contributed by atoms with Crippen LogP contribution in [0.5, 0.6) is 5.75 Å². The summed E-state index contributed by atoms with van der Waals surface area (Å²) in [6.07, 6.45) is 3.94. The number of rotatable bonds is 3. The number of hydrogen-bond acceptors (Lipinski definition) is 4. The van der Waals surface area contributed by atoms with Crippen LogP contribution in [0.2, 0.25) is 0 Å². The standard InChI is InChI=1S/C11H16N2O.C3H8O/c1-8(2)14-11-4-6-13-10-3-5-12-7-9(10)11;1-2-3-4/h4,6,8,12H,3,5,7H2,1-2H3;4H,2-3H2,1H3. The number of aliphatic hydroxyl groups excluding tert-OH is 1. The molecular formula is C14H24N2O2. The predicted molar refractivity (Wildman–Crippen MR) is 72.8 cm³/mol. The lowest BCUT2D eigenvalue weighted by atomic mass is 10.1. The molecule has 0 unspecified atom stereocenters. The highest BCUT2D eigenvalue weighted by molar-refractivity contribution is 5.37. The van der Waals surface area contributed by atoms with Crippen molar-refractivity contribution in [1.82, 2.24) is 10.3 Å². The predicted octanol–water partition coefficient (Wildman–Crippen LogP) is 1.90. The van der Waals surface area contributed by atoms with Crippen molar-refractivity contribution in [3.63, 3.8) is 0 Å². The van der Waals surface area contributed by atoms with E-state index >= 15 is 0 Å². The fourth-order valence-electron chi connectivity index (χ4n) is 1.70. The molecule has 0 atom stereocenters. The summed E-state index contributed by atoms with van der Waals surface area (Å²) in [5.41, 5.74) is 2.41. The van der Waals surface area contributed by atoms with Gasteiger partial charge in [0.1, 0.15) is 5.75 Å². The van der Waals surface area contributed by atoms with Gasteiger partial charge in [-0.05, 0) is 26.3 Å². The molecule has 102 valence electrons. The van der Waals surface area contributed by atoms with Gasteiger partial charge < -0.3 is 15.2 Å². The Morgan fingerprint density at radius 2 is 2.22 bits per heavy atom. The summed E-state index contributed by atoms with van der Waals surface area (Å²) >= 11 is 0. The topological polar surface area (TPSA) is 54.4 Å². The number of ether oxygens (including phenoxy) is 1. The van der Waals surface area contributed by atoms with Gasteiger partial charge >= 0.3 is 0 Å². The van der Waals surface area contributed by atoms with E-state index in [0.717, 1.165) is 31.7 Å². The van der Waals surface area contributed by atoms with E-state index in [1.165, 1.54) is 11.3 Å². The molecule has 2 heterocycles. The summed E-state index contributed by atoms with van der Waals surface area (Å²) in [5, 5.41) is 11.2. The first-order valence-electron chi connectivity index (χ1n) is 6.64. The van der Waals surface area contributed by atoms with Crippen LogP contribution in [-0.4, -0.2) is 29.3 Å². The normalized spacial score (nSPS) is 13.6. The van der Waals surface area contributed by atoms with Crippen molar-refractivity contribution in [3.05, 3.63) is 23.5 Å². The van der Waals surface area contributed by atoms with E-state index in [-0.39, 0.29) is 6.10 Å². The molecule has 0 aromatic carbocycles. The fourth-order valence-corrected chi connectivity index (χ4v) is 1.70.